The first-order chi connectivity index (χ1) is 6.81. The lowest BCUT2D eigenvalue weighted by Crippen LogP contribution is -1.94. The highest BCUT2D eigenvalue weighted by atomic mass is 35.5. The standard InChI is InChI=1S/C9H8ClN3S/c1-11-8-3-2-7(12-13-8)9-6(10)4-5-14-9/h2-5H,1H3,(H,11,13). The first-order valence-electron chi connectivity index (χ1n) is 4.06. The second kappa shape index (κ2) is 3.94. The average molecular weight is 226 g/mol. The Bertz CT molecular complexity index is 424. The van der Waals surface area contributed by atoms with Gasteiger partial charge in [-0.05, 0) is 23.6 Å². The molecule has 0 spiro atoms. The van der Waals surface area contributed by atoms with Gasteiger partial charge in [-0.1, -0.05) is 11.6 Å². The number of rotatable bonds is 2. The zero-order chi connectivity index (χ0) is 9.97. The topological polar surface area (TPSA) is 37.8 Å². The largest absolute Gasteiger partial charge is 0.372 e. The molecule has 0 fully saturated rings. The van der Waals surface area contributed by atoms with Crippen molar-refractivity contribution in [3.8, 4) is 10.6 Å². The van der Waals surface area contributed by atoms with Crippen molar-refractivity contribution in [2.75, 3.05) is 12.4 Å². The number of anilines is 1. The van der Waals surface area contributed by atoms with Gasteiger partial charge in [0, 0.05) is 7.05 Å². The molecule has 3 nitrogen and oxygen atoms in total. The highest BCUT2D eigenvalue weighted by molar-refractivity contribution is 7.14. The van der Waals surface area contributed by atoms with Gasteiger partial charge < -0.3 is 5.32 Å². The Balaban J connectivity index is 2.39. The molecule has 0 saturated heterocycles. The van der Waals surface area contributed by atoms with E-state index in [0.717, 1.165) is 21.4 Å². The van der Waals surface area contributed by atoms with Gasteiger partial charge in [0.1, 0.15) is 11.5 Å². The molecule has 0 radical (unpaired) electrons. The zero-order valence-corrected chi connectivity index (χ0v) is 9.06. The van der Waals surface area contributed by atoms with Crippen molar-refractivity contribution in [1.82, 2.24) is 10.2 Å². The van der Waals surface area contributed by atoms with Gasteiger partial charge in [0.25, 0.3) is 0 Å². The fraction of sp³-hybridized carbons (Fsp3) is 0.111. The second-order valence-corrected chi connectivity index (χ2v) is 3.97. The van der Waals surface area contributed by atoms with Crippen molar-refractivity contribution in [2.24, 2.45) is 0 Å². The normalized spacial score (nSPS) is 10.1. The summed E-state index contributed by atoms with van der Waals surface area (Å²) >= 11 is 7.54. The first-order valence-corrected chi connectivity index (χ1v) is 5.32. The lowest BCUT2D eigenvalue weighted by Gasteiger charge is -1.99. The summed E-state index contributed by atoms with van der Waals surface area (Å²) in [6.07, 6.45) is 0. The zero-order valence-electron chi connectivity index (χ0n) is 7.49. The lowest BCUT2D eigenvalue weighted by molar-refractivity contribution is 1.04. The quantitative estimate of drug-likeness (QED) is 0.854. The van der Waals surface area contributed by atoms with E-state index in [0.29, 0.717) is 0 Å². The van der Waals surface area contributed by atoms with E-state index in [1.54, 1.807) is 11.3 Å². The molecule has 2 heterocycles. The number of nitrogens with zero attached hydrogens (tertiary/aromatic N) is 2. The maximum atomic E-state index is 5.97. The molecule has 5 heteroatoms. The summed E-state index contributed by atoms with van der Waals surface area (Å²) in [4.78, 5) is 0.960. The minimum atomic E-state index is 0.724. The first kappa shape index (κ1) is 9.43. The van der Waals surface area contributed by atoms with Crippen LogP contribution in [0.2, 0.25) is 5.02 Å². The number of nitrogens with one attached hydrogen (secondary N) is 1. The average Bonchev–Trinajstić information content (AvgIpc) is 2.65. The van der Waals surface area contributed by atoms with E-state index >= 15 is 0 Å². The van der Waals surface area contributed by atoms with Crippen LogP contribution in [-0.4, -0.2) is 17.2 Å². The molecule has 0 aromatic carbocycles. The molecule has 0 aliphatic rings. The summed E-state index contributed by atoms with van der Waals surface area (Å²) in [5.74, 6) is 0.751. The van der Waals surface area contributed by atoms with Crippen molar-refractivity contribution in [3.05, 3.63) is 28.6 Å². The molecule has 14 heavy (non-hydrogen) atoms. The Labute approximate surface area is 90.8 Å². The Morgan fingerprint density at radius 3 is 2.64 bits per heavy atom. The maximum Gasteiger partial charge on any atom is 0.148 e. The molecule has 0 amide bonds. The Morgan fingerprint density at radius 2 is 2.14 bits per heavy atom. The van der Waals surface area contributed by atoms with Crippen LogP contribution in [-0.2, 0) is 0 Å². The van der Waals surface area contributed by atoms with E-state index in [1.807, 2.05) is 30.6 Å². The summed E-state index contributed by atoms with van der Waals surface area (Å²) in [5, 5.41) is 13.6. The minimum Gasteiger partial charge on any atom is -0.372 e. The Kier molecular flexibility index (Phi) is 2.65. The van der Waals surface area contributed by atoms with Crippen molar-refractivity contribution in [1.29, 1.82) is 0 Å². The lowest BCUT2D eigenvalue weighted by atomic mass is 10.3. The van der Waals surface area contributed by atoms with Crippen molar-refractivity contribution < 1.29 is 0 Å². The van der Waals surface area contributed by atoms with Gasteiger partial charge in [-0.3, -0.25) is 0 Å². The van der Waals surface area contributed by atoms with Crippen LogP contribution < -0.4 is 5.32 Å². The van der Waals surface area contributed by atoms with Gasteiger partial charge in [0.2, 0.25) is 0 Å². The summed E-state index contributed by atoms with van der Waals surface area (Å²) in [5.41, 5.74) is 0.809. The van der Waals surface area contributed by atoms with E-state index in [9.17, 15) is 0 Å². The molecule has 2 rings (SSSR count). The molecule has 72 valence electrons. The molecule has 1 N–H and O–H groups in total. The third-order valence-corrected chi connectivity index (χ3v) is 3.13. The van der Waals surface area contributed by atoms with Gasteiger partial charge in [-0.25, -0.2) is 0 Å². The van der Waals surface area contributed by atoms with Crippen molar-refractivity contribution >= 4 is 28.8 Å². The van der Waals surface area contributed by atoms with Gasteiger partial charge in [0.05, 0.1) is 9.90 Å². The van der Waals surface area contributed by atoms with E-state index in [1.165, 1.54) is 0 Å². The fourth-order valence-corrected chi connectivity index (χ4v) is 2.18. The summed E-state index contributed by atoms with van der Waals surface area (Å²) < 4.78 is 0. The molecular formula is C9H8ClN3S. The molecule has 2 aromatic rings. The summed E-state index contributed by atoms with van der Waals surface area (Å²) in [7, 11) is 1.81. The van der Waals surface area contributed by atoms with Gasteiger partial charge >= 0.3 is 0 Å². The third-order valence-electron chi connectivity index (χ3n) is 1.77. The van der Waals surface area contributed by atoms with Crippen LogP contribution in [0.1, 0.15) is 0 Å². The Morgan fingerprint density at radius 1 is 1.29 bits per heavy atom. The highest BCUT2D eigenvalue weighted by Crippen LogP contribution is 2.31. The van der Waals surface area contributed by atoms with E-state index < -0.39 is 0 Å². The predicted octanol–water partition coefficient (Wildman–Crippen LogP) is 2.90. The minimum absolute atomic E-state index is 0.724. The van der Waals surface area contributed by atoms with Crippen LogP contribution in [0.5, 0.6) is 0 Å². The van der Waals surface area contributed by atoms with Crippen LogP contribution in [0.4, 0.5) is 5.82 Å². The third kappa shape index (κ3) is 1.71. The second-order valence-electron chi connectivity index (χ2n) is 2.65. The van der Waals surface area contributed by atoms with E-state index in [2.05, 4.69) is 15.5 Å². The number of hydrogen-bond donors (Lipinski definition) is 1. The number of halogens is 1. The van der Waals surface area contributed by atoms with Gasteiger partial charge in [-0.15, -0.1) is 21.5 Å². The van der Waals surface area contributed by atoms with E-state index in [4.69, 9.17) is 11.6 Å². The molecular weight excluding hydrogens is 218 g/mol. The summed E-state index contributed by atoms with van der Waals surface area (Å²) in [6.45, 7) is 0. The highest BCUT2D eigenvalue weighted by Gasteiger charge is 2.06. The van der Waals surface area contributed by atoms with Crippen LogP contribution in [0.3, 0.4) is 0 Å². The smallest absolute Gasteiger partial charge is 0.148 e. The monoisotopic (exact) mass is 225 g/mol. The molecule has 2 aromatic heterocycles. The molecule has 0 bridgehead atoms. The molecule has 0 unspecified atom stereocenters. The van der Waals surface area contributed by atoms with E-state index in [-0.39, 0.29) is 0 Å². The SMILES string of the molecule is CNc1ccc(-c2sccc2Cl)nn1. The number of aromatic nitrogens is 2. The fourth-order valence-electron chi connectivity index (χ4n) is 1.06. The van der Waals surface area contributed by atoms with Crippen LogP contribution in [0, 0.1) is 0 Å². The maximum absolute atomic E-state index is 5.97. The number of thiophene rings is 1. The molecule has 0 aliphatic heterocycles. The Hall–Kier alpha value is -1.13. The molecule has 0 atom stereocenters. The van der Waals surface area contributed by atoms with Crippen LogP contribution in [0.25, 0.3) is 10.6 Å². The van der Waals surface area contributed by atoms with Crippen molar-refractivity contribution in [2.45, 2.75) is 0 Å². The van der Waals surface area contributed by atoms with Gasteiger partial charge in [0.15, 0.2) is 0 Å². The summed E-state index contributed by atoms with van der Waals surface area (Å²) in [6, 6.07) is 5.63. The predicted molar refractivity (Wildman–Crippen MR) is 59.9 cm³/mol. The molecule has 0 aliphatic carbocycles. The van der Waals surface area contributed by atoms with Crippen molar-refractivity contribution in [3.63, 3.8) is 0 Å². The molecule has 0 saturated carbocycles. The van der Waals surface area contributed by atoms with Crippen LogP contribution in [0.15, 0.2) is 23.6 Å². The number of hydrogen-bond acceptors (Lipinski definition) is 4. The van der Waals surface area contributed by atoms with Crippen LogP contribution >= 0.6 is 22.9 Å². The van der Waals surface area contributed by atoms with Gasteiger partial charge in [-0.2, -0.15) is 0 Å².